The van der Waals surface area contributed by atoms with Crippen molar-refractivity contribution >= 4 is 5.82 Å². The molecule has 0 radical (unpaired) electrons. The van der Waals surface area contributed by atoms with Crippen LogP contribution < -0.4 is 11.3 Å². The van der Waals surface area contributed by atoms with Crippen molar-refractivity contribution in [3.05, 3.63) is 23.9 Å². The Bertz CT molecular complexity index is 340. The predicted octanol–water partition coefficient (Wildman–Crippen LogP) is 1.14. The highest BCUT2D eigenvalue weighted by Gasteiger charge is 2.07. The topological polar surface area (TPSA) is 57.4 Å². The van der Waals surface area contributed by atoms with Gasteiger partial charge in [-0.25, -0.2) is 10.8 Å². The van der Waals surface area contributed by atoms with E-state index in [1.807, 2.05) is 18.2 Å². The molecule has 1 aromatic rings. The second kappa shape index (κ2) is 8.02. The summed E-state index contributed by atoms with van der Waals surface area (Å²) in [5.41, 5.74) is 3.64. The lowest BCUT2D eigenvalue weighted by Crippen LogP contribution is -2.32. The van der Waals surface area contributed by atoms with Crippen LogP contribution in [-0.2, 0) is 6.54 Å². The third kappa shape index (κ3) is 5.44. The fraction of sp³-hybridized carbons (Fsp3) is 0.615. The van der Waals surface area contributed by atoms with Crippen LogP contribution in [0.1, 0.15) is 19.0 Å². The van der Waals surface area contributed by atoms with Gasteiger partial charge in [-0.3, -0.25) is 4.90 Å². The minimum absolute atomic E-state index is 0.719. The Morgan fingerprint density at radius 1 is 1.22 bits per heavy atom. The monoisotopic (exact) mass is 251 g/mol. The SMILES string of the molecule is CCCN(CCN(C)C)Cc1cccc(NN)n1. The van der Waals surface area contributed by atoms with E-state index in [9.17, 15) is 0 Å². The van der Waals surface area contributed by atoms with E-state index < -0.39 is 0 Å². The molecule has 5 nitrogen and oxygen atoms in total. The molecule has 0 amide bonds. The first kappa shape index (κ1) is 14.9. The maximum atomic E-state index is 5.37. The Morgan fingerprint density at radius 3 is 2.61 bits per heavy atom. The number of hydrogen-bond acceptors (Lipinski definition) is 5. The van der Waals surface area contributed by atoms with Gasteiger partial charge in [-0.05, 0) is 39.2 Å². The van der Waals surface area contributed by atoms with Crippen LogP contribution in [-0.4, -0.2) is 48.5 Å². The number of rotatable bonds is 8. The number of hydrazine groups is 1. The standard InChI is InChI=1S/C13H25N5/c1-4-8-18(10-9-17(2)3)11-12-6-5-7-13(15-12)16-14/h5-7H,4,8-11,14H2,1-3H3,(H,15,16). The average molecular weight is 251 g/mol. The Balaban J connectivity index is 2.57. The zero-order valence-corrected chi connectivity index (χ0v) is 11.7. The Labute approximate surface area is 110 Å². The molecule has 0 aliphatic carbocycles. The molecule has 0 bridgehead atoms. The quantitative estimate of drug-likeness (QED) is 0.536. The van der Waals surface area contributed by atoms with Crippen molar-refractivity contribution in [2.45, 2.75) is 19.9 Å². The number of pyridine rings is 1. The Morgan fingerprint density at radius 2 is 2.00 bits per heavy atom. The van der Waals surface area contributed by atoms with Crippen LogP contribution in [0.3, 0.4) is 0 Å². The van der Waals surface area contributed by atoms with E-state index in [1.165, 1.54) is 0 Å². The van der Waals surface area contributed by atoms with Crippen molar-refractivity contribution in [2.75, 3.05) is 39.2 Å². The molecule has 0 unspecified atom stereocenters. The second-order valence-electron chi connectivity index (χ2n) is 4.74. The first-order valence-corrected chi connectivity index (χ1v) is 6.45. The maximum absolute atomic E-state index is 5.37. The van der Waals surface area contributed by atoms with Crippen LogP contribution >= 0.6 is 0 Å². The molecule has 0 saturated heterocycles. The van der Waals surface area contributed by atoms with Crippen molar-refractivity contribution in [2.24, 2.45) is 5.84 Å². The Hall–Kier alpha value is -1.17. The van der Waals surface area contributed by atoms with Crippen LogP contribution in [0.5, 0.6) is 0 Å². The number of aromatic nitrogens is 1. The minimum Gasteiger partial charge on any atom is -0.308 e. The minimum atomic E-state index is 0.719. The molecule has 1 rings (SSSR count). The van der Waals surface area contributed by atoms with Crippen molar-refractivity contribution in [1.29, 1.82) is 0 Å². The third-order valence-corrected chi connectivity index (χ3v) is 2.74. The summed E-state index contributed by atoms with van der Waals surface area (Å²) in [5.74, 6) is 6.09. The van der Waals surface area contributed by atoms with Crippen LogP contribution in [0.25, 0.3) is 0 Å². The number of nitrogens with one attached hydrogen (secondary N) is 1. The summed E-state index contributed by atoms with van der Waals surface area (Å²) < 4.78 is 0. The normalized spacial score (nSPS) is 11.2. The molecule has 0 aliphatic heterocycles. The number of likely N-dealkylation sites (N-methyl/N-ethyl adjacent to an activating group) is 1. The highest BCUT2D eigenvalue weighted by atomic mass is 15.3. The summed E-state index contributed by atoms with van der Waals surface area (Å²) >= 11 is 0. The molecular weight excluding hydrogens is 226 g/mol. The predicted molar refractivity (Wildman–Crippen MR) is 76.2 cm³/mol. The molecule has 0 aliphatic rings. The van der Waals surface area contributed by atoms with E-state index in [2.05, 4.69) is 41.2 Å². The van der Waals surface area contributed by atoms with Crippen molar-refractivity contribution < 1.29 is 0 Å². The lowest BCUT2D eigenvalue weighted by atomic mass is 10.3. The van der Waals surface area contributed by atoms with Gasteiger partial charge < -0.3 is 10.3 Å². The number of nitrogens with two attached hydrogens (primary N) is 1. The van der Waals surface area contributed by atoms with Crippen LogP contribution in [0, 0.1) is 0 Å². The average Bonchev–Trinajstić information content (AvgIpc) is 2.36. The van der Waals surface area contributed by atoms with E-state index in [1.54, 1.807) is 0 Å². The summed E-state index contributed by atoms with van der Waals surface area (Å²) in [6.45, 7) is 6.29. The van der Waals surface area contributed by atoms with Gasteiger partial charge in [0.05, 0.1) is 5.69 Å². The number of nitrogen functional groups attached to an aromatic ring is 1. The molecule has 0 aromatic carbocycles. The highest BCUT2D eigenvalue weighted by Crippen LogP contribution is 2.07. The second-order valence-corrected chi connectivity index (χ2v) is 4.74. The summed E-state index contributed by atoms with van der Waals surface area (Å²) in [5, 5.41) is 0. The number of anilines is 1. The first-order valence-electron chi connectivity index (χ1n) is 6.45. The molecule has 0 saturated carbocycles. The molecule has 0 spiro atoms. The molecule has 1 heterocycles. The van der Waals surface area contributed by atoms with E-state index in [0.717, 1.165) is 44.1 Å². The lowest BCUT2D eigenvalue weighted by molar-refractivity contribution is 0.232. The van der Waals surface area contributed by atoms with E-state index in [0.29, 0.717) is 0 Å². The molecule has 0 fully saturated rings. The fourth-order valence-electron chi connectivity index (χ4n) is 1.80. The molecule has 1 aromatic heterocycles. The van der Waals surface area contributed by atoms with Gasteiger partial charge in [0.15, 0.2) is 0 Å². The first-order chi connectivity index (χ1) is 8.65. The van der Waals surface area contributed by atoms with Crippen LogP contribution in [0.4, 0.5) is 5.82 Å². The van der Waals surface area contributed by atoms with Gasteiger partial charge in [-0.1, -0.05) is 13.0 Å². The van der Waals surface area contributed by atoms with Crippen molar-refractivity contribution in [3.63, 3.8) is 0 Å². The Kier molecular flexibility index (Phi) is 6.64. The van der Waals surface area contributed by atoms with Gasteiger partial charge in [0, 0.05) is 19.6 Å². The summed E-state index contributed by atoms with van der Waals surface area (Å²) in [4.78, 5) is 9.07. The molecule has 18 heavy (non-hydrogen) atoms. The fourth-order valence-corrected chi connectivity index (χ4v) is 1.80. The van der Waals surface area contributed by atoms with Crippen molar-refractivity contribution in [1.82, 2.24) is 14.8 Å². The number of hydrogen-bond donors (Lipinski definition) is 2. The smallest absolute Gasteiger partial charge is 0.140 e. The van der Waals surface area contributed by atoms with Crippen LogP contribution in [0.15, 0.2) is 18.2 Å². The summed E-state index contributed by atoms with van der Waals surface area (Å²) in [6, 6.07) is 5.89. The van der Waals surface area contributed by atoms with Gasteiger partial charge in [-0.15, -0.1) is 0 Å². The summed E-state index contributed by atoms with van der Waals surface area (Å²) in [6.07, 6.45) is 1.16. The van der Waals surface area contributed by atoms with Gasteiger partial charge in [0.25, 0.3) is 0 Å². The highest BCUT2D eigenvalue weighted by molar-refractivity contribution is 5.33. The third-order valence-electron chi connectivity index (χ3n) is 2.74. The molecule has 102 valence electrons. The number of nitrogens with zero attached hydrogens (tertiary/aromatic N) is 3. The lowest BCUT2D eigenvalue weighted by Gasteiger charge is -2.23. The van der Waals surface area contributed by atoms with Gasteiger partial charge in [0.2, 0.25) is 0 Å². The van der Waals surface area contributed by atoms with Gasteiger partial charge in [0.1, 0.15) is 5.82 Å². The van der Waals surface area contributed by atoms with Gasteiger partial charge in [-0.2, -0.15) is 0 Å². The zero-order valence-electron chi connectivity index (χ0n) is 11.7. The van der Waals surface area contributed by atoms with Gasteiger partial charge >= 0.3 is 0 Å². The van der Waals surface area contributed by atoms with Crippen LogP contribution in [0.2, 0.25) is 0 Å². The molecule has 0 atom stereocenters. The van der Waals surface area contributed by atoms with E-state index >= 15 is 0 Å². The van der Waals surface area contributed by atoms with Crippen molar-refractivity contribution in [3.8, 4) is 0 Å². The molecule has 5 heteroatoms. The molecular formula is C13H25N5. The zero-order chi connectivity index (χ0) is 13.4. The molecule has 3 N–H and O–H groups in total. The largest absolute Gasteiger partial charge is 0.308 e. The summed E-state index contributed by atoms with van der Waals surface area (Å²) in [7, 11) is 4.20. The van der Waals surface area contributed by atoms with E-state index in [4.69, 9.17) is 5.84 Å². The van der Waals surface area contributed by atoms with E-state index in [-0.39, 0.29) is 0 Å². The maximum Gasteiger partial charge on any atom is 0.140 e.